The van der Waals surface area contributed by atoms with Gasteiger partial charge in [0.25, 0.3) is 5.91 Å². The quantitative estimate of drug-likeness (QED) is 0.842. The molecule has 6 nitrogen and oxygen atoms in total. The molecule has 2 aromatic rings. The maximum Gasteiger partial charge on any atom is 0.257 e. The van der Waals surface area contributed by atoms with Gasteiger partial charge in [-0.15, -0.1) is 0 Å². The molecule has 7 heteroatoms. The van der Waals surface area contributed by atoms with Gasteiger partial charge in [-0.05, 0) is 6.07 Å². The van der Waals surface area contributed by atoms with E-state index in [-0.39, 0.29) is 22.3 Å². The Bertz CT molecular complexity index is 566. The van der Waals surface area contributed by atoms with Crippen LogP contribution in [0, 0.1) is 0 Å². The standard InChI is InChI=1S/C10H10ClN5O/c1-16-5-6(3-14-16)15-10(17)7-2-9(12)13-4-8(7)11/h2-5H,1H3,(H2,12,13)(H,15,17). The highest BCUT2D eigenvalue weighted by atomic mass is 35.5. The van der Waals surface area contributed by atoms with Crippen molar-refractivity contribution in [2.24, 2.45) is 7.05 Å². The number of hydrogen-bond donors (Lipinski definition) is 2. The number of anilines is 2. The molecule has 0 radical (unpaired) electrons. The van der Waals surface area contributed by atoms with E-state index in [4.69, 9.17) is 17.3 Å². The van der Waals surface area contributed by atoms with Crippen LogP contribution in [0.2, 0.25) is 5.02 Å². The van der Waals surface area contributed by atoms with E-state index in [2.05, 4.69) is 15.4 Å². The summed E-state index contributed by atoms with van der Waals surface area (Å²) < 4.78 is 1.58. The van der Waals surface area contributed by atoms with Crippen molar-refractivity contribution < 1.29 is 4.79 Å². The van der Waals surface area contributed by atoms with Gasteiger partial charge < -0.3 is 11.1 Å². The Hall–Kier alpha value is -2.08. The van der Waals surface area contributed by atoms with E-state index >= 15 is 0 Å². The highest BCUT2D eigenvalue weighted by molar-refractivity contribution is 6.34. The molecule has 0 aliphatic rings. The van der Waals surface area contributed by atoms with Gasteiger partial charge in [-0.3, -0.25) is 9.48 Å². The monoisotopic (exact) mass is 251 g/mol. The molecule has 0 bridgehead atoms. The third-order valence-electron chi connectivity index (χ3n) is 2.08. The number of nitrogen functional groups attached to an aromatic ring is 1. The zero-order valence-corrected chi connectivity index (χ0v) is 9.77. The Morgan fingerprint density at radius 2 is 2.29 bits per heavy atom. The smallest absolute Gasteiger partial charge is 0.257 e. The number of nitrogens with two attached hydrogens (primary N) is 1. The summed E-state index contributed by atoms with van der Waals surface area (Å²) in [5.41, 5.74) is 6.36. The minimum absolute atomic E-state index is 0.241. The molecule has 0 aromatic carbocycles. The fraction of sp³-hybridized carbons (Fsp3) is 0.100. The van der Waals surface area contributed by atoms with Gasteiger partial charge in [0.05, 0.1) is 22.5 Å². The molecule has 17 heavy (non-hydrogen) atoms. The van der Waals surface area contributed by atoms with Crippen molar-refractivity contribution in [3.63, 3.8) is 0 Å². The van der Waals surface area contributed by atoms with Crippen molar-refractivity contribution in [1.82, 2.24) is 14.8 Å². The number of pyridine rings is 1. The first kappa shape index (κ1) is 11.4. The van der Waals surface area contributed by atoms with Crippen LogP contribution >= 0.6 is 11.6 Å². The summed E-state index contributed by atoms with van der Waals surface area (Å²) in [5, 5.41) is 6.84. The minimum Gasteiger partial charge on any atom is -0.384 e. The number of carbonyl (C=O) groups is 1. The molecule has 0 aliphatic heterocycles. The van der Waals surface area contributed by atoms with Crippen LogP contribution in [0.1, 0.15) is 10.4 Å². The van der Waals surface area contributed by atoms with Crippen LogP contribution < -0.4 is 11.1 Å². The van der Waals surface area contributed by atoms with E-state index in [0.717, 1.165) is 0 Å². The van der Waals surface area contributed by atoms with Crippen LogP contribution in [-0.4, -0.2) is 20.7 Å². The van der Waals surface area contributed by atoms with E-state index < -0.39 is 0 Å². The number of aromatic nitrogens is 3. The molecular formula is C10H10ClN5O. The van der Waals surface area contributed by atoms with Gasteiger partial charge in [0, 0.05) is 19.4 Å². The Morgan fingerprint density at radius 1 is 1.53 bits per heavy atom. The summed E-state index contributed by atoms with van der Waals surface area (Å²) in [4.78, 5) is 15.7. The zero-order chi connectivity index (χ0) is 12.4. The summed E-state index contributed by atoms with van der Waals surface area (Å²) in [6.45, 7) is 0. The maximum atomic E-state index is 11.9. The third kappa shape index (κ3) is 2.54. The summed E-state index contributed by atoms with van der Waals surface area (Å²) >= 11 is 5.86. The molecule has 0 saturated heterocycles. The average molecular weight is 252 g/mol. The molecule has 0 atom stereocenters. The summed E-state index contributed by atoms with van der Waals surface area (Å²) in [7, 11) is 1.76. The molecule has 2 rings (SSSR count). The van der Waals surface area contributed by atoms with Crippen molar-refractivity contribution in [3.8, 4) is 0 Å². The molecule has 0 saturated carbocycles. The molecule has 88 valence electrons. The van der Waals surface area contributed by atoms with Gasteiger partial charge in [0.1, 0.15) is 5.82 Å². The van der Waals surface area contributed by atoms with Crippen LogP contribution in [-0.2, 0) is 7.05 Å². The second kappa shape index (κ2) is 4.42. The molecule has 1 amide bonds. The number of carbonyl (C=O) groups excluding carboxylic acids is 1. The molecule has 0 unspecified atom stereocenters. The molecule has 0 spiro atoms. The minimum atomic E-state index is -0.350. The third-order valence-corrected chi connectivity index (χ3v) is 2.39. The van der Waals surface area contributed by atoms with E-state index in [9.17, 15) is 4.79 Å². The average Bonchev–Trinajstić information content (AvgIpc) is 2.67. The lowest BCUT2D eigenvalue weighted by molar-refractivity contribution is 0.102. The van der Waals surface area contributed by atoms with Crippen LogP contribution in [0.25, 0.3) is 0 Å². The zero-order valence-electron chi connectivity index (χ0n) is 9.01. The number of halogens is 1. The lowest BCUT2D eigenvalue weighted by atomic mass is 10.2. The highest BCUT2D eigenvalue weighted by Crippen LogP contribution is 2.18. The fourth-order valence-corrected chi connectivity index (χ4v) is 1.50. The maximum absolute atomic E-state index is 11.9. The first-order chi connectivity index (χ1) is 8.06. The number of hydrogen-bond acceptors (Lipinski definition) is 4. The molecule has 3 N–H and O–H groups in total. The lowest BCUT2D eigenvalue weighted by Crippen LogP contribution is -2.12. The summed E-state index contributed by atoms with van der Waals surface area (Å²) in [5.74, 6) is -0.108. The second-order valence-electron chi connectivity index (χ2n) is 3.45. The molecule has 2 aromatic heterocycles. The van der Waals surface area contributed by atoms with Crippen LogP contribution in [0.5, 0.6) is 0 Å². The van der Waals surface area contributed by atoms with Crippen molar-refractivity contribution in [3.05, 3.63) is 35.2 Å². The normalized spacial score (nSPS) is 10.2. The van der Waals surface area contributed by atoms with E-state index in [0.29, 0.717) is 5.69 Å². The van der Waals surface area contributed by atoms with E-state index in [1.807, 2.05) is 0 Å². The van der Waals surface area contributed by atoms with Gasteiger partial charge in [0.2, 0.25) is 0 Å². The van der Waals surface area contributed by atoms with E-state index in [1.165, 1.54) is 18.5 Å². The van der Waals surface area contributed by atoms with Crippen molar-refractivity contribution in [1.29, 1.82) is 0 Å². The Labute approximate surface area is 102 Å². The SMILES string of the molecule is Cn1cc(NC(=O)c2cc(N)ncc2Cl)cn1. The number of nitrogens with one attached hydrogen (secondary N) is 1. The fourth-order valence-electron chi connectivity index (χ4n) is 1.31. The van der Waals surface area contributed by atoms with E-state index in [1.54, 1.807) is 17.9 Å². The van der Waals surface area contributed by atoms with Gasteiger partial charge in [-0.2, -0.15) is 5.10 Å². The molecule has 0 aliphatic carbocycles. The Balaban J connectivity index is 2.22. The summed E-state index contributed by atoms with van der Waals surface area (Å²) in [6.07, 6.45) is 4.56. The number of aryl methyl sites for hydroxylation is 1. The number of rotatable bonds is 2. The summed E-state index contributed by atoms with van der Waals surface area (Å²) in [6, 6.07) is 1.42. The Morgan fingerprint density at radius 3 is 2.94 bits per heavy atom. The van der Waals surface area contributed by atoms with Crippen LogP contribution in [0.3, 0.4) is 0 Å². The van der Waals surface area contributed by atoms with Crippen molar-refractivity contribution in [2.45, 2.75) is 0 Å². The van der Waals surface area contributed by atoms with Crippen LogP contribution in [0.4, 0.5) is 11.5 Å². The second-order valence-corrected chi connectivity index (χ2v) is 3.85. The topological polar surface area (TPSA) is 85.8 Å². The van der Waals surface area contributed by atoms with Gasteiger partial charge in [-0.25, -0.2) is 4.98 Å². The molecular weight excluding hydrogens is 242 g/mol. The first-order valence-corrected chi connectivity index (χ1v) is 5.15. The van der Waals surface area contributed by atoms with Crippen molar-refractivity contribution in [2.75, 3.05) is 11.1 Å². The number of amides is 1. The highest BCUT2D eigenvalue weighted by Gasteiger charge is 2.12. The van der Waals surface area contributed by atoms with Crippen LogP contribution in [0.15, 0.2) is 24.7 Å². The lowest BCUT2D eigenvalue weighted by Gasteiger charge is -2.04. The predicted molar refractivity (Wildman–Crippen MR) is 64.8 cm³/mol. The molecule has 0 fully saturated rings. The van der Waals surface area contributed by atoms with Gasteiger partial charge >= 0.3 is 0 Å². The predicted octanol–water partition coefficient (Wildman–Crippen LogP) is 1.30. The molecule has 2 heterocycles. The number of nitrogens with zero attached hydrogens (tertiary/aromatic N) is 3. The van der Waals surface area contributed by atoms with Crippen molar-refractivity contribution >= 4 is 29.0 Å². The van der Waals surface area contributed by atoms with Gasteiger partial charge in [0.15, 0.2) is 0 Å². The Kier molecular flexibility index (Phi) is 2.97. The first-order valence-electron chi connectivity index (χ1n) is 4.77. The largest absolute Gasteiger partial charge is 0.384 e. The van der Waals surface area contributed by atoms with Gasteiger partial charge in [-0.1, -0.05) is 11.6 Å².